The van der Waals surface area contributed by atoms with E-state index in [9.17, 15) is 0 Å². The van der Waals surface area contributed by atoms with Crippen LogP contribution in [-0.4, -0.2) is 62.2 Å². The number of aliphatic imine (C=N–C) groups is 1. The molecule has 0 bridgehead atoms. The molecule has 1 aromatic carbocycles. The first kappa shape index (κ1) is 23.9. The average molecular weight is 439 g/mol. The number of piperazine rings is 1. The van der Waals surface area contributed by atoms with E-state index in [1.165, 1.54) is 5.56 Å². The lowest BCUT2D eigenvalue weighted by Crippen LogP contribution is -2.46. The molecule has 7 nitrogen and oxygen atoms in total. The highest BCUT2D eigenvalue weighted by molar-refractivity contribution is 5.79. The minimum Gasteiger partial charge on any atom is -0.493 e. The largest absolute Gasteiger partial charge is 0.493 e. The van der Waals surface area contributed by atoms with Crippen LogP contribution in [0, 0.1) is 6.92 Å². The minimum atomic E-state index is 0.653. The van der Waals surface area contributed by atoms with Crippen LogP contribution in [0.5, 0.6) is 5.75 Å². The molecule has 1 aromatic heterocycles. The van der Waals surface area contributed by atoms with Gasteiger partial charge < -0.3 is 25.2 Å². The highest BCUT2D eigenvalue weighted by Crippen LogP contribution is 2.20. The molecule has 0 saturated carbocycles. The number of guanidine groups is 1. The van der Waals surface area contributed by atoms with Crippen molar-refractivity contribution in [2.24, 2.45) is 4.99 Å². The molecule has 0 aliphatic carbocycles. The smallest absolute Gasteiger partial charge is 0.191 e. The zero-order valence-corrected chi connectivity index (χ0v) is 20.0. The fourth-order valence-corrected chi connectivity index (χ4v) is 3.74. The molecule has 0 amide bonds. The topological polar surface area (TPSA) is 65.0 Å². The van der Waals surface area contributed by atoms with Gasteiger partial charge in [0.25, 0.3) is 0 Å². The Morgan fingerprint density at radius 3 is 2.50 bits per heavy atom. The highest BCUT2D eigenvalue weighted by Gasteiger charge is 2.16. The molecule has 0 spiro atoms. The van der Waals surface area contributed by atoms with Gasteiger partial charge in [-0.2, -0.15) is 0 Å². The van der Waals surface area contributed by atoms with E-state index in [0.717, 1.165) is 74.4 Å². The van der Waals surface area contributed by atoms with Crippen LogP contribution >= 0.6 is 0 Å². The van der Waals surface area contributed by atoms with Crippen molar-refractivity contribution in [3.05, 3.63) is 53.2 Å². The second-order valence-corrected chi connectivity index (χ2v) is 8.18. The molecule has 1 aliphatic rings. The minimum absolute atomic E-state index is 0.653. The van der Waals surface area contributed by atoms with Gasteiger partial charge >= 0.3 is 0 Å². The van der Waals surface area contributed by atoms with Gasteiger partial charge in [-0.3, -0.25) is 4.99 Å². The van der Waals surface area contributed by atoms with E-state index in [-0.39, 0.29) is 0 Å². The Balaban J connectivity index is 1.49. The van der Waals surface area contributed by atoms with E-state index in [4.69, 9.17) is 4.74 Å². The molecule has 2 N–H and O–H groups in total. The van der Waals surface area contributed by atoms with Gasteiger partial charge in [-0.25, -0.2) is 4.98 Å². The number of pyridine rings is 1. The molecule has 7 heteroatoms. The maximum Gasteiger partial charge on any atom is 0.191 e. The third-order valence-electron chi connectivity index (χ3n) is 5.77. The molecule has 32 heavy (non-hydrogen) atoms. The SMILES string of the molecule is CCCOc1cc(C)ccc1CNC(=NC)NCc1ccc(N2CCN(CC)CC2)nc1. The second-order valence-electron chi connectivity index (χ2n) is 8.18. The summed E-state index contributed by atoms with van der Waals surface area (Å²) in [5, 5.41) is 6.77. The van der Waals surface area contributed by atoms with Crippen LogP contribution in [0.4, 0.5) is 5.82 Å². The molecule has 1 saturated heterocycles. The first-order valence-corrected chi connectivity index (χ1v) is 11.7. The summed E-state index contributed by atoms with van der Waals surface area (Å²) in [6.45, 7) is 13.9. The van der Waals surface area contributed by atoms with E-state index >= 15 is 0 Å². The first-order chi connectivity index (χ1) is 15.6. The van der Waals surface area contributed by atoms with Crippen molar-refractivity contribution in [3.8, 4) is 5.75 Å². The summed E-state index contributed by atoms with van der Waals surface area (Å²) >= 11 is 0. The first-order valence-electron chi connectivity index (χ1n) is 11.7. The maximum absolute atomic E-state index is 5.92. The van der Waals surface area contributed by atoms with Gasteiger partial charge in [0.15, 0.2) is 5.96 Å². The van der Waals surface area contributed by atoms with Crippen LogP contribution in [0.2, 0.25) is 0 Å². The van der Waals surface area contributed by atoms with E-state index < -0.39 is 0 Å². The summed E-state index contributed by atoms with van der Waals surface area (Å²) < 4.78 is 5.92. The van der Waals surface area contributed by atoms with Crippen LogP contribution in [0.15, 0.2) is 41.5 Å². The quantitative estimate of drug-likeness (QED) is 0.463. The molecular weight excluding hydrogens is 400 g/mol. The zero-order chi connectivity index (χ0) is 22.8. The Bertz CT molecular complexity index is 859. The van der Waals surface area contributed by atoms with Crippen molar-refractivity contribution in [2.45, 2.75) is 40.3 Å². The Morgan fingerprint density at radius 1 is 1.06 bits per heavy atom. The summed E-state index contributed by atoms with van der Waals surface area (Å²) in [5.41, 5.74) is 3.46. The van der Waals surface area contributed by atoms with Crippen LogP contribution in [0.1, 0.15) is 37.0 Å². The summed E-state index contributed by atoms with van der Waals surface area (Å²) in [6, 6.07) is 10.6. The van der Waals surface area contributed by atoms with Crippen LogP contribution in [0.25, 0.3) is 0 Å². The molecule has 2 aromatic rings. The lowest BCUT2D eigenvalue weighted by Gasteiger charge is -2.34. The molecular formula is C25H38N6O. The number of benzene rings is 1. The third kappa shape index (κ3) is 6.85. The molecule has 1 fully saturated rings. The molecule has 3 rings (SSSR count). The number of nitrogens with zero attached hydrogens (tertiary/aromatic N) is 4. The van der Waals surface area contributed by atoms with Crippen LogP contribution in [0.3, 0.4) is 0 Å². The Kier molecular flexibility index (Phi) is 9.16. The van der Waals surface area contributed by atoms with Crippen molar-refractivity contribution in [2.75, 3.05) is 51.3 Å². The standard InChI is InChI=1S/C25H38N6O/c1-5-15-32-23-16-20(3)7-9-22(23)19-29-25(26-4)28-18-21-8-10-24(27-17-21)31-13-11-30(6-2)12-14-31/h7-10,16-17H,5-6,11-15,18-19H2,1-4H3,(H2,26,28,29). The van der Waals surface area contributed by atoms with Gasteiger partial charge in [-0.15, -0.1) is 0 Å². The van der Waals surface area contributed by atoms with Crippen molar-refractivity contribution in [1.29, 1.82) is 0 Å². The van der Waals surface area contributed by atoms with Gasteiger partial charge in [0.2, 0.25) is 0 Å². The van der Waals surface area contributed by atoms with E-state index in [0.29, 0.717) is 13.1 Å². The maximum atomic E-state index is 5.92. The Morgan fingerprint density at radius 2 is 1.84 bits per heavy atom. The van der Waals surface area contributed by atoms with Crippen LogP contribution in [-0.2, 0) is 13.1 Å². The highest BCUT2D eigenvalue weighted by atomic mass is 16.5. The second kappa shape index (κ2) is 12.3. The van der Waals surface area contributed by atoms with Gasteiger partial charge in [-0.1, -0.05) is 32.0 Å². The lowest BCUT2D eigenvalue weighted by atomic mass is 10.1. The zero-order valence-electron chi connectivity index (χ0n) is 20.0. The summed E-state index contributed by atoms with van der Waals surface area (Å²) in [5.74, 6) is 2.76. The number of aromatic nitrogens is 1. The van der Waals surface area contributed by atoms with Gasteiger partial charge in [0.1, 0.15) is 11.6 Å². The fraction of sp³-hybridized carbons (Fsp3) is 0.520. The molecule has 2 heterocycles. The van der Waals surface area contributed by atoms with Gasteiger partial charge in [-0.05, 0) is 43.1 Å². The van der Waals surface area contributed by atoms with Gasteiger partial charge in [0.05, 0.1) is 6.61 Å². The van der Waals surface area contributed by atoms with E-state index in [1.807, 2.05) is 6.20 Å². The van der Waals surface area contributed by atoms with Gasteiger partial charge in [0, 0.05) is 58.1 Å². The van der Waals surface area contributed by atoms with E-state index in [2.05, 4.69) is 81.5 Å². The van der Waals surface area contributed by atoms with Crippen molar-refractivity contribution < 1.29 is 4.74 Å². The average Bonchev–Trinajstić information content (AvgIpc) is 2.84. The summed E-state index contributed by atoms with van der Waals surface area (Å²) in [4.78, 5) is 13.9. The lowest BCUT2D eigenvalue weighted by molar-refractivity contribution is 0.270. The number of hydrogen-bond donors (Lipinski definition) is 2. The number of rotatable bonds is 9. The van der Waals surface area contributed by atoms with Crippen LogP contribution < -0.4 is 20.3 Å². The fourth-order valence-electron chi connectivity index (χ4n) is 3.74. The number of nitrogens with one attached hydrogen (secondary N) is 2. The number of hydrogen-bond acceptors (Lipinski definition) is 5. The van der Waals surface area contributed by atoms with Crippen molar-refractivity contribution in [3.63, 3.8) is 0 Å². The van der Waals surface area contributed by atoms with Crippen molar-refractivity contribution >= 4 is 11.8 Å². The normalized spacial score (nSPS) is 15.0. The predicted molar refractivity (Wildman–Crippen MR) is 133 cm³/mol. The molecule has 1 aliphatic heterocycles. The predicted octanol–water partition coefficient (Wildman–Crippen LogP) is 3.19. The molecule has 0 radical (unpaired) electrons. The number of anilines is 1. The summed E-state index contributed by atoms with van der Waals surface area (Å²) in [6.07, 6.45) is 2.95. The molecule has 0 unspecified atom stereocenters. The molecule has 0 atom stereocenters. The monoisotopic (exact) mass is 438 g/mol. The number of ether oxygens (including phenoxy) is 1. The number of aryl methyl sites for hydroxylation is 1. The Labute approximate surface area is 192 Å². The number of likely N-dealkylation sites (N-methyl/N-ethyl adjacent to an activating group) is 1. The third-order valence-corrected chi connectivity index (χ3v) is 5.77. The van der Waals surface area contributed by atoms with Crippen molar-refractivity contribution in [1.82, 2.24) is 20.5 Å². The Hall–Kier alpha value is -2.80. The molecule has 174 valence electrons. The summed E-state index contributed by atoms with van der Waals surface area (Å²) in [7, 11) is 1.79. The van der Waals surface area contributed by atoms with E-state index in [1.54, 1.807) is 7.05 Å².